The number of benzene rings is 1. The maximum atomic E-state index is 12.4. The van der Waals surface area contributed by atoms with Crippen molar-refractivity contribution in [2.75, 3.05) is 11.9 Å². The molecule has 0 saturated heterocycles. The molecule has 0 amide bonds. The average molecular weight is 330 g/mol. The third-order valence-corrected chi connectivity index (χ3v) is 4.41. The van der Waals surface area contributed by atoms with Crippen molar-refractivity contribution in [1.82, 2.24) is 9.97 Å². The predicted octanol–water partition coefficient (Wildman–Crippen LogP) is 4.25. The van der Waals surface area contributed by atoms with Gasteiger partial charge in [-0.15, -0.1) is 0 Å². The fraction of sp³-hybridized carbons (Fsp3) is 0.389. The van der Waals surface area contributed by atoms with Crippen LogP contribution in [0.1, 0.15) is 53.7 Å². The lowest BCUT2D eigenvalue weighted by Crippen LogP contribution is -2.21. The third kappa shape index (κ3) is 3.70. The predicted molar refractivity (Wildman–Crippen MR) is 92.3 cm³/mol. The second-order valence-corrected chi connectivity index (χ2v) is 6.35. The first-order valence-corrected chi connectivity index (χ1v) is 8.43. The summed E-state index contributed by atoms with van der Waals surface area (Å²) in [5.41, 5.74) is 2.58. The maximum Gasteiger partial charge on any atom is 0.222 e. The van der Waals surface area contributed by atoms with Crippen molar-refractivity contribution in [2.24, 2.45) is 0 Å². The van der Waals surface area contributed by atoms with Crippen LogP contribution in [0.4, 0.5) is 5.95 Å². The summed E-state index contributed by atoms with van der Waals surface area (Å²) in [6, 6.07) is 7.74. The van der Waals surface area contributed by atoms with Gasteiger partial charge in [-0.1, -0.05) is 37.1 Å². The number of carbonyl (C=O) groups is 1. The molecule has 0 spiro atoms. The number of anilines is 1. The Bertz CT molecular complexity index is 717. The number of halogens is 1. The molecule has 4 nitrogen and oxygen atoms in total. The van der Waals surface area contributed by atoms with Crippen molar-refractivity contribution < 1.29 is 4.79 Å². The molecule has 1 atom stereocenters. The highest BCUT2D eigenvalue weighted by molar-refractivity contribution is 6.30. The Morgan fingerprint density at radius 1 is 1.35 bits per heavy atom. The molecule has 1 aliphatic carbocycles. The molecule has 1 aromatic heterocycles. The van der Waals surface area contributed by atoms with Crippen LogP contribution in [0.3, 0.4) is 0 Å². The summed E-state index contributed by atoms with van der Waals surface area (Å²) in [7, 11) is 0. The van der Waals surface area contributed by atoms with Crippen molar-refractivity contribution in [3.05, 3.63) is 52.3 Å². The first kappa shape index (κ1) is 15.9. The van der Waals surface area contributed by atoms with Gasteiger partial charge < -0.3 is 5.32 Å². The van der Waals surface area contributed by atoms with E-state index in [1.165, 1.54) is 0 Å². The van der Waals surface area contributed by atoms with E-state index in [4.69, 9.17) is 11.6 Å². The molecule has 0 saturated carbocycles. The van der Waals surface area contributed by atoms with E-state index in [1.54, 1.807) is 6.20 Å². The summed E-state index contributed by atoms with van der Waals surface area (Å²) in [6.07, 6.45) is 5.08. The van der Waals surface area contributed by atoms with E-state index >= 15 is 0 Å². The number of hydrogen-bond acceptors (Lipinski definition) is 4. The van der Waals surface area contributed by atoms with Crippen molar-refractivity contribution in [1.29, 1.82) is 0 Å². The molecule has 1 aromatic carbocycles. The molecular weight excluding hydrogens is 310 g/mol. The quantitative estimate of drug-likeness (QED) is 0.833. The molecule has 5 heteroatoms. The normalized spacial score (nSPS) is 17.0. The van der Waals surface area contributed by atoms with Gasteiger partial charge in [0.2, 0.25) is 5.95 Å². The fourth-order valence-corrected chi connectivity index (χ4v) is 3.10. The van der Waals surface area contributed by atoms with Crippen LogP contribution < -0.4 is 5.32 Å². The Labute approximate surface area is 141 Å². The Balaban J connectivity index is 1.82. The summed E-state index contributed by atoms with van der Waals surface area (Å²) in [4.78, 5) is 21.2. The van der Waals surface area contributed by atoms with Crippen LogP contribution in [0.2, 0.25) is 5.02 Å². The molecule has 0 radical (unpaired) electrons. The summed E-state index contributed by atoms with van der Waals surface area (Å²) in [6.45, 7) is 2.99. The minimum atomic E-state index is 0.108. The van der Waals surface area contributed by atoms with Crippen LogP contribution in [-0.4, -0.2) is 22.3 Å². The van der Waals surface area contributed by atoms with Gasteiger partial charge in [-0.2, -0.15) is 0 Å². The van der Waals surface area contributed by atoms with Crippen LogP contribution in [0.5, 0.6) is 0 Å². The molecule has 1 N–H and O–H groups in total. The zero-order valence-corrected chi connectivity index (χ0v) is 13.9. The van der Waals surface area contributed by atoms with Gasteiger partial charge in [0.15, 0.2) is 5.78 Å². The highest BCUT2D eigenvalue weighted by Gasteiger charge is 2.28. The third-order valence-electron chi connectivity index (χ3n) is 4.17. The first-order valence-electron chi connectivity index (χ1n) is 8.06. The molecule has 2 aromatic rings. The number of unbranched alkanes of at least 4 members (excludes halogenated alkanes) is 1. The van der Waals surface area contributed by atoms with Crippen LogP contribution in [0.15, 0.2) is 30.5 Å². The van der Waals surface area contributed by atoms with Crippen molar-refractivity contribution in [2.45, 2.75) is 38.5 Å². The number of nitrogens with zero attached hydrogens (tertiary/aromatic N) is 2. The number of hydrogen-bond donors (Lipinski definition) is 1. The highest BCUT2D eigenvalue weighted by Crippen LogP contribution is 2.32. The number of rotatable bonds is 5. The molecule has 23 heavy (non-hydrogen) atoms. The molecular formula is C18H20ClN3O. The molecule has 1 aliphatic rings. The van der Waals surface area contributed by atoms with Gasteiger partial charge in [0.05, 0.1) is 11.3 Å². The topological polar surface area (TPSA) is 54.9 Å². The minimum Gasteiger partial charge on any atom is -0.354 e. The van der Waals surface area contributed by atoms with Gasteiger partial charge >= 0.3 is 0 Å². The molecule has 0 aliphatic heterocycles. The van der Waals surface area contributed by atoms with Crippen LogP contribution in [0, 0.1) is 0 Å². The largest absolute Gasteiger partial charge is 0.354 e. The zero-order valence-electron chi connectivity index (χ0n) is 13.2. The van der Waals surface area contributed by atoms with Crippen molar-refractivity contribution in [3.8, 4) is 0 Å². The number of aromatic nitrogens is 2. The average Bonchev–Trinajstić information content (AvgIpc) is 2.55. The highest BCUT2D eigenvalue weighted by atomic mass is 35.5. The summed E-state index contributed by atoms with van der Waals surface area (Å²) < 4.78 is 0. The van der Waals surface area contributed by atoms with Gasteiger partial charge in [0.25, 0.3) is 0 Å². The smallest absolute Gasteiger partial charge is 0.222 e. The summed E-state index contributed by atoms with van der Waals surface area (Å²) in [5, 5.41) is 3.92. The van der Waals surface area contributed by atoms with E-state index < -0.39 is 0 Å². The minimum absolute atomic E-state index is 0.108. The number of fused-ring (bicyclic) bond motifs is 1. The van der Waals surface area contributed by atoms with E-state index in [0.29, 0.717) is 23.0 Å². The zero-order chi connectivity index (χ0) is 16.2. The second kappa shape index (κ2) is 7.09. The van der Waals surface area contributed by atoms with Crippen LogP contribution in [0.25, 0.3) is 0 Å². The fourth-order valence-electron chi connectivity index (χ4n) is 2.90. The Kier molecular flexibility index (Phi) is 4.91. The summed E-state index contributed by atoms with van der Waals surface area (Å²) >= 11 is 6.08. The summed E-state index contributed by atoms with van der Waals surface area (Å²) in [5.74, 6) is 0.847. The van der Waals surface area contributed by atoms with Crippen LogP contribution >= 0.6 is 11.6 Å². The lowest BCUT2D eigenvalue weighted by atomic mass is 9.82. The van der Waals surface area contributed by atoms with E-state index in [1.807, 2.05) is 24.3 Å². The van der Waals surface area contributed by atoms with Crippen LogP contribution in [-0.2, 0) is 6.42 Å². The number of ketones is 1. The number of Topliss-reactive ketones (excluding diaryl/α,β-unsaturated/α-hetero) is 1. The van der Waals surface area contributed by atoms with Crippen molar-refractivity contribution in [3.63, 3.8) is 0 Å². The van der Waals surface area contributed by atoms with E-state index in [2.05, 4.69) is 22.2 Å². The molecule has 120 valence electrons. The van der Waals surface area contributed by atoms with E-state index in [-0.39, 0.29) is 11.7 Å². The van der Waals surface area contributed by atoms with Gasteiger partial charge in [0, 0.05) is 24.2 Å². The first-order chi connectivity index (χ1) is 11.2. The Morgan fingerprint density at radius 2 is 2.22 bits per heavy atom. The molecule has 0 fully saturated rings. The van der Waals surface area contributed by atoms with Gasteiger partial charge in [-0.05, 0) is 36.5 Å². The molecule has 3 rings (SSSR count). The Morgan fingerprint density at radius 3 is 3.00 bits per heavy atom. The maximum absolute atomic E-state index is 12.4. The number of carbonyl (C=O) groups excluding carboxylic acids is 1. The van der Waals surface area contributed by atoms with E-state index in [9.17, 15) is 4.79 Å². The van der Waals surface area contributed by atoms with Gasteiger partial charge in [-0.25, -0.2) is 9.97 Å². The number of nitrogens with one attached hydrogen (secondary N) is 1. The molecule has 1 unspecified atom stereocenters. The Hall–Kier alpha value is -1.94. The van der Waals surface area contributed by atoms with E-state index in [0.717, 1.165) is 37.1 Å². The van der Waals surface area contributed by atoms with Crippen molar-refractivity contribution >= 4 is 23.3 Å². The SMILES string of the molecule is CCCCNc1ncc2c(n1)CC(c1cccc(Cl)c1)CC2=O. The van der Waals surface area contributed by atoms with Gasteiger partial charge in [0.1, 0.15) is 0 Å². The second-order valence-electron chi connectivity index (χ2n) is 5.92. The molecule has 1 heterocycles. The lowest BCUT2D eigenvalue weighted by molar-refractivity contribution is 0.0962. The lowest BCUT2D eigenvalue weighted by Gasteiger charge is -2.23. The van der Waals surface area contributed by atoms with Gasteiger partial charge in [-0.3, -0.25) is 4.79 Å². The monoisotopic (exact) mass is 329 g/mol. The molecule has 0 bridgehead atoms. The standard InChI is InChI=1S/C18H20ClN3O/c1-2-3-7-20-18-21-11-15-16(22-18)9-13(10-17(15)23)12-5-4-6-14(19)8-12/h4-6,8,11,13H,2-3,7,9-10H2,1H3,(H,20,21,22).